The first-order valence-electron chi connectivity index (χ1n) is 9.74. The van der Waals surface area contributed by atoms with E-state index in [0.29, 0.717) is 5.96 Å². The molecule has 0 aliphatic heterocycles. The first-order chi connectivity index (χ1) is 14.1. The number of aliphatic imine (C=N–C) groups is 2. The average Bonchev–Trinajstić information content (AvgIpc) is 2.97. The Morgan fingerprint density at radius 3 is 2.37 bits per heavy atom. The summed E-state index contributed by atoms with van der Waals surface area (Å²) in [5.41, 5.74) is 9.06. The Kier molecular flexibility index (Phi) is 6.37. The van der Waals surface area contributed by atoms with Crippen LogP contribution in [0, 0.1) is 34.6 Å². The SMILES string of the molecule is C=NC(=N[C](=[W])N(C)c1cc2nn(C)c(C)c2cc1C)Nc1cc(C)c(C)cc1C. The number of hydrogen-bond acceptors (Lipinski definition) is 3. The molecular formula is C23H28N6W. The molecule has 0 aliphatic carbocycles. The first kappa shape index (κ1) is 22.1. The number of nitrogens with one attached hydrogen (secondary N) is 1. The van der Waals surface area contributed by atoms with E-state index in [1.165, 1.54) is 41.4 Å². The summed E-state index contributed by atoms with van der Waals surface area (Å²) < 4.78 is 2.81. The Balaban J connectivity index is 1.90. The fourth-order valence-corrected chi connectivity index (χ4v) is 4.08. The molecule has 0 spiro atoms. The summed E-state index contributed by atoms with van der Waals surface area (Å²) in [7, 11) is 4.00. The molecule has 2 aromatic carbocycles. The van der Waals surface area contributed by atoms with E-state index in [2.05, 4.69) is 85.9 Å². The predicted molar refractivity (Wildman–Crippen MR) is 125 cm³/mol. The number of nitrogens with zero attached hydrogens (tertiary/aromatic N) is 5. The van der Waals surface area contributed by atoms with E-state index in [1.54, 1.807) is 0 Å². The quantitative estimate of drug-likeness (QED) is 0.374. The van der Waals surface area contributed by atoms with Crippen molar-refractivity contribution < 1.29 is 19.4 Å². The van der Waals surface area contributed by atoms with Crippen LogP contribution in [-0.2, 0) is 26.4 Å². The molecule has 0 saturated heterocycles. The van der Waals surface area contributed by atoms with Crippen molar-refractivity contribution in [2.45, 2.75) is 34.6 Å². The van der Waals surface area contributed by atoms with Crippen LogP contribution in [-0.4, -0.2) is 33.7 Å². The molecule has 0 amide bonds. The molecule has 1 aromatic heterocycles. The minimum absolute atomic E-state index is 0.491. The number of guanidine groups is 1. The molecule has 7 heteroatoms. The predicted octanol–water partition coefficient (Wildman–Crippen LogP) is 4.35. The number of benzene rings is 2. The Morgan fingerprint density at radius 1 is 1.03 bits per heavy atom. The van der Waals surface area contributed by atoms with Crippen LogP contribution in [0.1, 0.15) is 27.9 Å². The van der Waals surface area contributed by atoms with Gasteiger partial charge in [0.15, 0.2) is 0 Å². The van der Waals surface area contributed by atoms with Crippen molar-refractivity contribution in [1.29, 1.82) is 0 Å². The second-order valence-electron chi connectivity index (χ2n) is 7.68. The third-order valence-corrected chi connectivity index (χ3v) is 6.85. The second-order valence-corrected chi connectivity index (χ2v) is 8.99. The van der Waals surface area contributed by atoms with Gasteiger partial charge >= 0.3 is 189 Å². The van der Waals surface area contributed by atoms with Gasteiger partial charge in [0.1, 0.15) is 0 Å². The molecule has 0 saturated carbocycles. The number of fused-ring (bicyclic) bond motifs is 1. The van der Waals surface area contributed by atoms with Gasteiger partial charge in [0.25, 0.3) is 0 Å². The molecule has 0 aliphatic rings. The van der Waals surface area contributed by atoms with Gasteiger partial charge in [-0.05, 0) is 0 Å². The summed E-state index contributed by atoms with van der Waals surface area (Å²) in [5.74, 6) is 0.491. The van der Waals surface area contributed by atoms with E-state index < -0.39 is 0 Å². The molecule has 156 valence electrons. The molecule has 3 rings (SSSR count). The van der Waals surface area contributed by atoms with Gasteiger partial charge in [-0.3, -0.25) is 0 Å². The van der Waals surface area contributed by atoms with Crippen molar-refractivity contribution in [1.82, 2.24) is 9.78 Å². The molecule has 0 unspecified atom stereocenters. The van der Waals surface area contributed by atoms with Crippen LogP contribution >= 0.6 is 0 Å². The van der Waals surface area contributed by atoms with Crippen molar-refractivity contribution in [3.8, 4) is 0 Å². The summed E-state index contributed by atoms with van der Waals surface area (Å²) >= 11 is 1.24. The van der Waals surface area contributed by atoms with Gasteiger partial charge in [-0.1, -0.05) is 0 Å². The van der Waals surface area contributed by atoms with Gasteiger partial charge in [-0.25, -0.2) is 0 Å². The van der Waals surface area contributed by atoms with Crippen molar-refractivity contribution in [2.75, 3.05) is 17.3 Å². The van der Waals surface area contributed by atoms with E-state index >= 15 is 0 Å². The van der Waals surface area contributed by atoms with Gasteiger partial charge in [0.05, 0.1) is 0 Å². The van der Waals surface area contributed by atoms with Crippen molar-refractivity contribution in [2.24, 2.45) is 17.0 Å². The number of aryl methyl sites for hydroxylation is 6. The zero-order valence-corrected chi connectivity index (χ0v) is 21.6. The molecule has 0 atom stereocenters. The molecular weight excluding hydrogens is 544 g/mol. The van der Waals surface area contributed by atoms with E-state index in [-0.39, 0.29) is 0 Å². The van der Waals surface area contributed by atoms with Crippen LogP contribution in [0.15, 0.2) is 34.3 Å². The van der Waals surface area contributed by atoms with Gasteiger partial charge < -0.3 is 0 Å². The molecule has 0 bridgehead atoms. The van der Waals surface area contributed by atoms with E-state index in [9.17, 15) is 0 Å². The number of anilines is 2. The molecule has 0 radical (unpaired) electrons. The molecule has 1 heterocycles. The maximum atomic E-state index is 4.73. The summed E-state index contributed by atoms with van der Waals surface area (Å²) in [6, 6.07) is 8.61. The summed E-state index contributed by atoms with van der Waals surface area (Å²) in [6.07, 6.45) is 0. The summed E-state index contributed by atoms with van der Waals surface area (Å²) in [6.45, 7) is 14.2. The third-order valence-electron chi connectivity index (χ3n) is 5.53. The monoisotopic (exact) mass is 572 g/mol. The Hall–Kier alpha value is -2.59. The number of hydrogen-bond donors (Lipinski definition) is 1. The fourth-order valence-electron chi connectivity index (χ4n) is 3.42. The van der Waals surface area contributed by atoms with Crippen LogP contribution in [0.25, 0.3) is 10.9 Å². The zero-order valence-electron chi connectivity index (χ0n) is 18.7. The maximum absolute atomic E-state index is 4.73. The summed E-state index contributed by atoms with van der Waals surface area (Å²) in [5, 5.41) is 9.13. The van der Waals surface area contributed by atoms with Gasteiger partial charge in [0.2, 0.25) is 0 Å². The Morgan fingerprint density at radius 2 is 1.70 bits per heavy atom. The molecule has 6 nitrogen and oxygen atoms in total. The summed E-state index contributed by atoms with van der Waals surface area (Å²) in [4.78, 5) is 10.9. The first-order valence-corrected chi connectivity index (χ1v) is 11.2. The van der Waals surface area contributed by atoms with E-state index in [1.807, 2.05) is 18.8 Å². The standard InChI is InChI=1S/C23H28N6.W/c1-14-9-16(3)20(11-15(14)2)26-23(24-6)25-13-28(7)22-12-21-19(10-17(22)4)18(5)29(8)27-21;/h9-12H,6H2,1-5,7-8H3,(H,25,26);. The van der Waals surface area contributed by atoms with Gasteiger partial charge in [-0.2, -0.15) is 0 Å². The van der Waals surface area contributed by atoms with Crippen LogP contribution in [0.2, 0.25) is 0 Å². The van der Waals surface area contributed by atoms with Crippen molar-refractivity contribution >= 4 is 39.1 Å². The number of rotatable bonds is 4. The Labute approximate surface area is 189 Å². The second kappa shape index (κ2) is 8.64. The van der Waals surface area contributed by atoms with E-state index in [0.717, 1.165) is 32.3 Å². The Bertz CT molecular complexity index is 1190. The number of aromatic nitrogens is 2. The van der Waals surface area contributed by atoms with Gasteiger partial charge in [-0.15, -0.1) is 0 Å². The van der Waals surface area contributed by atoms with Crippen LogP contribution in [0.5, 0.6) is 0 Å². The normalized spacial score (nSPS) is 11.6. The molecule has 30 heavy (non-hydrogen) atoms. The van der Waals surface area contributed by atoms with Gasteiger partial charge in [0, 0.05) is 0 Å². The van der Waals surface area contributed by atoms with E-state index in [4.69, 9.17) is 4.99 Å². The average molecular weight is 572 g/mol. The van der Waals surface area contributed by atoms with Crippen molar-refractivity contribution in [3.63, 3.8) is 0 Å². The molecule has 0 fully saturated rings. The van der Waals surface area contributed by atoms with Crippen molar-refractivity contribution in [3.05, 3.63) is 52.2 Å². The minimum atomic E-state index is 0.491. The topological polar surface area (TPSA) is 57.8 Å². The molecule has 3 aromatic rings. The van der Waals surface area contributed by atoms with Crippen LogP contribution < -0.4 is 10.2 Å². The fraction of sp³-hybridized carbons (Fsp3) is 0.304. The van der Waals surface area contributed by atoms with Crippen LogP contribution in [0.4, 0.5) is 11.4 Å². The molecule has 1 N–H and O–H groups in total. The zero-order chi connectivity index (χ0) is 22.2. The van der Waals surface area contributed by atoms with Crippen LogP contribution in [0.3, 0.4) is 0 Å². The third kappa shape index (κ3) is 4.29.